The second kappa shape index (κ2) is 12.4. The lowest BCUT2D eigenvalue weighted by molar-refractivity contribution is -0.137. The zero-order valence-electron chi connectivity index (χ0n) is 23.9. The minimum absolute atomic E-state index is 0.111. The summed E-state index contributed by atoms with van der Waals surface area (Å²) < 4.78 is 67.3. The molecule has 0 amide bonds. The molecule has 14 heteroatoms. The van der Waals surface area contributed by atoms with Gasteiger partial charge in [0, 0.05) is 44.8 Å². The molecule has 0 saturated carbocycles. The molecule has 1 aromatic carbocycles. The van der Waals surface area contributed by atoms with Crippen molar-refractivity contribution in [3.63, 3.8) is 0 Å². The Bertz CT molecular complexity index is 1640. The molecule has 3 aromatic rings. The number of aromatic nitrogens is 3. The number of rotatable bonds is 9. The molecule has 226 valence electrons. The van der Waals surface area contributed by atoms with Crippen LogP contribution in [0.1, 0.15) is 56.0 Å². The van der Waals surface area contributed by atoms with Crippen LogP contribution in [0, 0.1) is 11.3 Å². The fourth-order valence-electron chi connectivity index (χ4n) is 5.60. The van der Waals surface area contributed by atoms with Gasteiger partial charge in [-0.2, -0.15) is 23.4 Å². The van der Waals surface area contributed by atoms with Gasteiger partial charge in [0.05, 0.1) is 17.3 Å². The van der Waals surface area contributed by atoms with Crippen LogP contribution in [-0.2, 0) is 23.2 Å². The number of nitrogens with zero attached hydrogens (tertiary/aromatic N) is 6. The van der Waals surface area contributed by atoms with E-state index < -0.39 is 27.5 Å². The van der Waals surface area contributed by atoms with Crippen molar-refractivity contribution in [3.05, 3.63) is 63.7 Å². The Kier molecular flexibility index (Phi) is 9.24. The first-order valence-corrected chi connectivity index (χ1v) is 15.6. The fourth-order valence-corrected chi connectivity index (χ4v) is 6.09. The van der Waals surface area contributed by atoms with Gasteiger partial charge in [-0.1, -0.05) is 26.0 Å². The summed E-state index contributed by atoms with van der Waals surface area (Å²) in [5.41, 5.74) is 0.624. The first-order chi connectivity index (χ1) is 19.8. The lowest BCUT2D eigenvalue weighted by Gasteiger charge is -2.50. The van der Waals surface area contributed by atoms with Gasteiger partial charge in [0.15, 0.2) is 5.82 Å². The first-order valence-electron chi connectivity index (χ1n) is 13.7. The third kappa shape index (κ3) is 6.74. The summed E-state index contributed by atoms with van der Waals surface area (Å²) in [5.74, 6) is 0.389. The summed E-state index contributed by atoms with van der Waals surface area (Å²) in [5, 5.41) is 9.46. The molecule has 0 spiro atoms. The standard InChI is InChI=1S/C28H34F3N7O3S/c1-5-21-17-38(26-25-24(36(3)27(39)35-26)12-11-20(15-32)34-25)22(6-2)16-37(21)23(13-14-33-42(4,40)41)18-7-9-19(10-8-18)28(29,30)31/h7-12,21-23,33H,5-6,13-14,16-17H2,1-4H3/t21-,22+,23?/m1/s1. The van der Waals surface area contributed by atoms with E-state index in [0.29, 0.717) is 54.8 Å². The van der Waals surface area contributed by atoms with Gasteiger partial charge in [-0.25, -0.2) is 22.9 Å². The molecular formula is C28H34F3N7O3S. The van der Waals surface area contributed by atoms with Gasteiger partial charge >= 0.3 is 11.9 Å². The van der Waals surface area contributed by atoms with Gasteiger partial charge in [-0.15, -0.1) is 0 Å². The van der Waals surface area contributed by atoms with E-state index in [0.717, 1.165) is 18.4 Å². The number of fused-ring (bicyclic) bond motifs is 1. The third-order valence-corrected chi connectivity index (χ3v) is 8.54. The molecule has 1 aliphatic heterocycles. The highest BCUT2D eigenvalue weighted by molar-refractivity contribution is 7.88. The molecule has 0 aliphatic carbocycles. The number of aryl methyl sites for hydroxylation is 1. The van der Waals surface area contributed by atoms with E-state index in [1.807, 2.05) is 24.8 Å². The third-order valence-electron chi connectivity index (χ3n) is 7.81. The van der Waals surface area contributed by atoms with Gasteiger partial charge in [0.2, 0.25) is 10.0 Å². The summed E-state index contributed by atoms with van der Waals surface area (Å²) in [6.07, 6.45) is -1.74. The van der Waals surface area contributed by atoms with Gasteiger partial charge in [-0.3, -0.25) is 9.47 Å². The zero-order chi connectivity index (χ0) is 30.8. The van der Waals surface area contributed by atoms with E-state index >= 15 is 0 Å². The van der Waals surface area contributed by atoms with Crippen molar-refractivity contribution in [3.8, 4) is 6.07 Å². The minimum Gasteiger partial charge on any atom is -0.349 e. The molecule has 1 fully saturated rings. The van der Waals surface area contributed by atoms with Crippen molar-refractivity contribution in [2.75, 3.05) is 30.8 Å². The van der Waals surface area contributed by atoms with Crippen LogP contribution in [0.15, 0.2) is 41.2 Å². The lowest BCUT2D eigenvalue weighted by Crippen LogP contribution is -2.59. The molecule has 1 saturated heterocycles. The number of piperazine rings is 1. The maximum atomic E-state index is 13.3. The van der Waals surface area contributed by atoms with Crippen molar-refractivity contribution in [1.82, 2.24) is 24.2 Å². The second-order valence-corrected chi connectivity index (χ2v) is 12.4. The molecule has 42 heavy (non-hydrogen) atoms. The van der Waals surface area contributed by atoms with Crippen LogP contribution in [0.5, 0.6) is 0 Å². The first kappa shape index (κ1) is 31.4. The number of halogens is 3. The highest BCUT2D eigenvalue weighted by Crippen LogP contribution is 2.36. The van der Waals surface area contributed by atoms with Gasteiger partial charge in [0.25, 0.3) is 0 Å². The molecule has 3 heterocycles. The van der Waals surface area contributed by atoms with Crippen LogP contribution < -0.4 is 15.3 Å². The highest BCUT2D eigenvalue weighted by Gasteiger charge is 2.38. The molecule has 0 bridgehead atoms. The number of hydrogen-bond acceptors (Lipinski definition) is 8. The van der Waals surface area contributed by atoms with Crippen molar-refractivity contribution in [1.29, 1.82) is 5.26 Å². The lowest BCUT2D eigenvalue weighted by atomic mass is 9.94. The van der Waals surface area contributed by atoms with E-state index in [2.05, 4.69) is 19.6 Å². The molecule has 2 aromatic heterocycles. The second-order valence-electron chi connectivity index (χ2n) is 10.5. The minimum atomic E-state index is -4.47. The highest BCUT2D eigenvalue weighted by atomic mass is 32.2. The Morgan fingerprint density at radius 1 is 1.07 bits per heavy atom. The fraction of sp³-hybridized carbons (Fsp3) is 0.500. The number of sulfonamides is 1. The monoisotopic (exact) mass is 605 g/mol. The average Bonchev–Trinajstić information content (AvgIpc) is 2.95. The van der Waals surface area contributed by atoms with Crippen LogP contribution in [0.2, 0.25) is 0 Å². The molecule has 10 nitrogen and oxygen atoms in total. The van der Waals surface area contributed by atoms with E-state index in [1.165, 1.54) is 16.7 Å². The Morgan fingerprint density at radius 3 is 2.31 bits per heavy atom. The van der Waals surface area contributed by atoms with Crippen molar-refractivity contribution >= 4 is 26.9 Å². The van der Waals surface area contributed by atoms with Gasteiger partial charge in [0.1, 0.15) is 17.3 Å². The van der Waals surface area contributed by atoms with Crippen LogP contribution in [0.3, 0.4) is 0 Å². The Labute approximate surface area is 242 Å². The Morgan fingerprint density at radius 2 is 1.74 bits per heavy atom. The van der Waals surface area contributed by atoms with E-state index in [4.69, 9.17) is 0 Å². The smallest absolute Gasteiger partial charge is 0.349 e. The summed E-state index contributed by atoms with van der Waals surface area (Å²) in [6.45, 7) is 5.04. The number of pyridine rings is 1. The van der Waals surface area contributed by atoms with Crippen LogP contribution in [-0.4, -0.2) is 65.8 Å². The van der Waals surface area contributed by atoms with Crippen molar-refractivity contribution < 1.29 is 21.6 Å². The summed E-state index contributed by atoms with van der Waals surface area (Å²) >= 11 is 0. The molecule has 3 atom stereocenters. The molecular weight excluding hydrogens is 571 g/mol. The SMILES string of the molecule is CC[C@H]1CN(C(CCNS(C)(=O)=O)c2ccc(C(F)(F)F)cc2)[C@H](CC)CN1c1nc(=O)n(C)c2ccc(C#N)nc12. The summed E-state index contributed by atoms with van der Waals surface area (Å²) in [7, 11) is -1.87. The zero-order valence-corrected chi connectivity index (χ0v) is 24.7. The van der Waals surface area contributed by atoms with Crippen molar-refractivity contribution in [2.24, 2.45) is 7.05 Å². The maximum absolute atomic E-state index is 13.3. The number of benzene rings is 1. The molecule has 0 radical (unpaired) electrons. The number of alkyl halides is 3. The van der Waals surface area contributed by atoms with Crippen molar-refractivity contribution in [2.45, 2.75) is 57.4 Å². The van der Waals surface area contributed by atoms with E-state index in [1.54, 1.807) is 19.2 Å². The van der Waals surface area contributed by atoms with E-state index in [9.17, 15) is 31.6 Å². The Hall–Kier alpha value is -3.54. The quantitative estimate of drug-likeness (QED) is 0.393. The molecule has 1 N–H and O–H groups in total. The van der Waals surface area contributed by atoms with E-state index in [-0.39, 0.29) is 30.4 Å². The molecule has 1 aliphatic rings. The van der Waals surface area contributed by atoms with Gasteiger partial charge < -0.3 is 4.90 Å². The predicted molar refractivity (Wildman–Crippen MR) is 153 cm³/mol. The average molecular weight is 606 g/mol. The number of hydrogen-bond donors (Lipinski definition) is 1. The predicted octanol–water partition coefficient (Wildman–Crippen LogP) is 3.58. The Balaban J connectivity index is 1.75. The normalized spacial score (nSPS) is 19.1. The number of nitriles is 1. The number of anilines is 1. The van der Waals surface area contributed by atoms with Gasteiger partial charge in [-0.05, 0) is 49.1 Å². The topological polar surface area (TPSA) is 124 Å². The maximum Gasteiger partial charge on any atom is 0.416 e. The van der Waals surface area contributed by atoms with Crippen LogP contribution >= 0.6 is 0 Å². The summed E-state index contributed by atoms with van der Waals surface area (Å²) in [4.78, 5) is 25.9. The van der Waals surface area contributed by atoms with Crippen LogP contribution in [0.25, 0.3) is 11.0 Å². The largest absolute Gasteiger partial charge is 0.416 e. The number of nitrogens with one attached hydrogen (secondary N) is 1. The molecule has 4 rings (SSSR count). The summed E-state index contributed by atoms with van der Waals surface area (Å²) in [6, 6.07) is 9.64. The van der Waals surface area contributed by atoms with Crippen LogP contribution in [0.4, 0.5) is 19.0 Å². The molecule has 1 unspecified atom stereocenters.